The minimum Gasteiger partial charge on any atom is -0.493 e. The van der Waals surface area contributed by atoms with Crippen LogP contribution in [0, 0.1) is 20.8 Å². The van der Waals surface area contributed by atoms with E-state index in [4.69, 9.17) is 25.8 Å². The number of ether oxygens (including phenoxy) is 3. The third-order valence-corrected chi connectivity index (χ3v) is 7.30. The highest BCUT2D eigenvalue weighted by Crippen LogP contribution is 2.31. The van der Waals surface area contributed by atoms with Crippen LogP contribution in [-0.4, -0.2) is 58.6 Å². The summed E-state index contributed by atoms with van der Waals surface area (Å²) in [7, 11) is 1.66. The molecule has 7 nitrogen and oxygen atoms in total. The summed E-state index contributed by atoms with van der Waals surface area (Å²) in [5, 5.41) is 12.0. The predicted molar refractivity (Wildman–Crippen MR) is 141 cm³/mol. The summed E-state index contributed by atoms with van der Waals surface area (Å²) in [4.78, 5) is 6.50. The average molecular weight is 514 g/mol. The molecule has 2 aromatic carbocycles. The first-order chi connectivity index (χ1) is 17.3. The molecular weight excluding hydrogens is 478 g/mol. The lowest BCUT2D eigenvalue weighted by Gasteiger charge is -2.39. The summed E-state index contributed by atoms with van der Waals surface area (Å²) in [6, 6.07) is 9.88. The molecule has 3 aromatic rings. The molecule has 0 spiro atoms. The van der Waals surface area contributed by atoms with E-state index < -0.39 is 5.60 Å². The summed E-state index contributed by atoms with van der Waals surface area (Å²) in [5.41, 5.74) is 2.15. The molecule has 0 bridgehead atoms. The minimum absolute atomic E-state index is 0.247. The molecule has 4 rings (SSSR count). The van der Waals surface area contributed by atoms with Crippen LogP contribution in [0.5, 0.6) is 17.2 Å². The Kier molecular flexibility index (Phi) is 8.44. The number of aromatic nitrogens is 2. The van der Waals surface area contributed by atoms with Gasteiger partial charge in [-0.15, -0.1) is 0 Å². The van der Waals surface area contributed by atoms with Crippen LogP contribution in [0.25, 0.3) is 0 Å². The topological polar surface area (TPSA) is 69.0 Å². The standard InChI is InChI=1S/C28H36ClN3O4/c1-20-14-24(15-21(2)27(20)29)36-19-28(33)8-5-10-31(18-28)17-23-6-7-25(26(16-23)34-4)35-13-12-32-11-9-30-22(32)3/h6-7,9,11,14-16,33H,5,8,10,12-13,17-19H2,1-4H3/t28-/m1/s1. The smallest absolute Gasteiger partial charge is 0.161 e. The number of aliphatic hydroxyl groups is 1. The number of rotatable bonds is 10. The van der Waals surface area contributed by atoms with Gasteiger partial charge in [-0.25, -0.2) is 4.98 Å². The zero-order valence-corrected chi connectivity index (χ0v) is 22.3. The Morgan fingerprint density at radius 1 is 1.08 bits per heavy atom. The lowest BCUT2D eigenvalue weighted by atomic mass is 9.93. The molecular formula is C28H36ClN3O4. The van der Waals surface area contributed by atoms with E-state index in [1.54, 1.807) is 13.3 Å². The molecule has 1 aromatic heterocycles. The molecule has 0 aliphatic carbocycles. The van der Waals surface area contributed by atoms with Gasteiger partial charge in [0.05, 0.1) is 13.7 Å². The third-order valence-electron chi connectivity index (χ3n) is 6.70. The molecule has 194 valence electrons. The van der Waals surface area contributed by atoms with Gasteiger partial charge in [0.25, 0.3) is 0 Å². The highest BCUT2D eigenvalue weighted by Gasteiger charge is 2.34. The molecule has 2 heterocycles. The number of methoxy groups -OCH3 is 1. The zero-order valence-electron chi connectivity index (χ0n) is 21.6. The number of hydrogen-bond donors (Lipinski definition) is 1. The number of hydrogen-bond acceptors (Lipinski definition) is 6. The van der Waals surface area contributed by atoms with E-state index in [-0.39, 0.29) is 6.61 Å². The van der Waals surface area contributed by atoms with Gasteiger partial charge in [-0.2, -0.15) is 0 Å². The lowest BCUT2D eigenvalue weighted by Crippen LogP contribution is -2.51. The second kappa shape index (κ2) is 11.5. The average Bonchev–Trinajstić information content (AvgIpc) is 3.26. The number of nitrogens with zero attached hydrogens (tertiary/aromatic N) is 3. The molecule has 0 amide bonds. The summed E-state index contributed by atoms with van der Waals surface area (Å²) in [5.74, 6) is 3.13. The fraction of sp³-hybridized carbons (Fsp3) is 0.464. The van der Waals surface area contributed by atoms with Crippen molar-refractivity contribution in [2.45, 2.75) is 52.3 Å². The van der Waals surface area contributed by atoms with Crippen molar-refractivity contribution in [2.24, 2.45) is 0 Å². The van der Waals surface area contributed by atoms with Crippen LogP contribution in [0.4, 0.5) is 0 Å². The summed E-state index contributed by atoms with van der Waals surface area (Å²) in [6.45, 7) is 9.58. The van der Waals surface area contributed by atoms with Gasteiger partial charge in [-0.05, 0) is 81.1 Å². The van der Waals surface area contributed by atoms with Crippen molar-refractivity contribution in [1.82, 2.24) is 14.5 Å². The van der Waals surface area contributed by atoms with Gasteiger partial charge >= 0.3 is 0 Å². The van der Waals surface area contributed by atoms with Gasteiger partial charge in [0.15, 0.2) is 11.5 Å². The maximum absolute atomic E-state index is 11.3. The van der Waals surface area contributed by atoms with Crippen molar-refractivity contribution in [3.05, 3.63) is 70.3 Å². The maximum atomic E-state index is 11.3. The van der Waals surface area contributed by atoms with E-state index in [1.165, 1.54) is 0 Å². The number of aryl methyl sites for hydroxylation is 3. The largest absolute Gasteiger partial charge is 0.493 e. The Balaban J connectivity index is 1.33. The molecule has 1 aliphatic rings. The number of likely N-dealkylation sites (tertiary alicyclic amines) is 1. The number of halogens is 1. The maximum Gasteiger partial charge on any atom is 0.161 e. The van der Waals surface area contributed by atoms with Gasteiger partial charge in [0, 0.05) is 30.5 Å². The monoisotopic (exact) mass is 513 g/mol. The molecule has 36 heavy (non-hydrogen) atoms. The highest BCUT2D eigenvalue weighted by molar-refractivity contribution is 6.32. The van der Waals surface area contributed by atoms with Crippen molar-refractivity contribution in [1.29, 1.82) is 0 Å². The van der Waals surface area contributed by atoms with Crippen LogP contribution in [-0.2, 0) is 13.1 Å². The second-order valence-electron chi connectivity index (χ2n) is 9.70. The van der Waals surface area contributed by atoms with E-state index in [9.17, 15) is 5.11 Å². The first kappa shape index (κ1) is 26.3. The van der Waals surface area contributed by atoms with Gasteiger partial charge in [-0.1, -0.05) is 17.7 Å². The molecule has 8 heteroatoms. The van der Waals surface area contributed by atoms with Gasteiger partial charge < -0.3 is 23.9 Å². The molecule has 1 aliphatic heterocycles. The van der Waals surface area contributed by atoms with Crippen molar-refractivity contribution >= 4 is 11.6 Å². The van der Waals surface area contributed by atoms with E-state index >= 15 is 0 Å². The van der Waals surface area contributed by atoms with Crippen LogP contribution in [0.15, 0.2) is 42.7 Å². The Morgan fingerprint density at radius 3 is 2.56 bits per heavy atom. The summed E-state index contributed by atoms with van der Waals surface area (Å²) >= 11 is 6.27. The Morgan fingerprint density at radius 2 is 1.86 bits per heavy atom. The summed E-state index contributed by atoms with van der Waals surface area (Å²) < 4.78 is 19.6. The van der Waals surface area contributed by atoms with Crippen LogP contribution in [0.2, 0.25) is 5.02 Å². The fourth-order valence-electron chi connectivity index (χ4n) is 4.75. The minimum atomic E-state index is -0.904. The third kappa shape index (κ3) is 6.52. The van der Waals surface area contributed by atoms with Crippen molar-refractivity contribution in [3.63, 3.8) is 0 Å². The quantitative estimate of drug-likeness (QED) is 0.413. The number of piperidine rings is 1. The van der Waals surface area contributed by atoms with E-state index in [0.717, 1.165) is 58.5 Å². The lowest BCUT2D eigenvalue weighted by molar-refractivity contribution is -0.0621. The van der Waals surface area contributed by atoms with Crippen LogP contribution >= 0.6 is 11.6 Å². The predicted octanol–water partition coefficient (Wildman–Crippen LogP) is 4.96. The first-order valence-corrected chi connectivity index (χ1v) is 12.8. The second-order valence-corrected chi connectivity index (χ2v) is 10.1. The molecule has 1 atom stereocenters. The van der Waals surface area contributed by atoms with Crippen molar-refractivity contribution in [3.8, 4) is 17.2 Å². The molecule has 0 radical (unpaired) electrons. The van der Waals surface area contributed by atoms with Gasteiger partial charge in [0.2, 0.25) is 0 Å². The Labute approximate surface area is 218 Å². The number of β-amino-alcohol motifs (C(OH)–C–C–N with tert-alkyl or cyclic N) is 1. The van der Waals surface area contributed by atoms with Crippen LogP contribution in [0.1, 0.15) is 35.4 Å². The molecule has 1 saturated heterocycles. The molecule has 0 unspecified atom stereocenters. The molecule has 0 saturated carbocycles. The van der Waals surface area contributed by atoms with Crippen LogP contribution < -0.4 is 14.2 Å². The first-order valence-electron chi connectivity index (χ1n) is 12.4. The van der Waals surface area contributed by atoms with Crippen molar-refractivity contribution < 1.29 is 19.3 Å². The SMILES string of the molecule is COc1cc(CN2CCC[C@](O)(COc3cc(C)c(Cl)c(C)c3)C2)ccc1OCCn1ccnc1C. The number of imidazole rings is 1. The number of benzene rings is 2. The highest BCUT2D eigenvalue weighted by atomic mass is 35.5. The van der Waals surface area contributed by atoms with E-state index in [0.29, 0.717) is 31.9 Å². The Hall–Kier alpha value is -2.74. The van der Waals surface area contributed by atoms with E-state index in [2.05, 4.69) is 20.5 Å². The molecule has 1 N–H and O–H groups in total. The van der Waals surface area contributed by atoms with E-state index in [1.807, 2.05) is 51.2 Å². The molecule has 1 fully saturated rings. The normalized spacial score (nSPS) is 18.3. The zero-order chi connectivity index (χ0) is 25.7. The van der Waals surface area contributed by atoms with Gasteiger partial charge in [0.1, 0.15) is 30.4 Å². The van der Waals surface area contributed by atoms with Crippen molar-refractivity contribution in [2.75, 3.05) is 33.4 Å². The van der Waals surface area contributed by atoms with Gasteiger partial charge in [-0.3, -0.25) is 4.90 Å². The summed E-state index contributed by atoms with van der Waals surface area (Å²) in [6.07, 6.45) is 5.35. The fourth-order valence-corrected chi connectivity index (χ4v) is 4.86. The Bertz CT molecular complexity index is 1160. The van der Waals surface area contributed by atoms with Crippen LogP contribution in [0.3, 0.4) is 0 Å².